The lowest BCUT2D eigenvalue weighted by Gasteiger charge is -2.18. The summed E-state index contributed by atoms with van der Waals surface area (Å²) in [6.07, 6.45) is 0. The molecule has 1 heterocycles. The third kappa shape index (κ3) is 3.69. The van der Waals surface area contributed by atoms with Gasteiger partial charge in [0, 0.05) is 5.56 Å². The highest BCUT2D eigenvalue weighted by Crippen LogP contribution is 2.22. The van der Waals surface area contributed by atoms with Crippen molar-refractivity contribution in [3.8, 4) is 0 Å². The number of benzene rings is 1. The van der Waals surface area contributed by atoms with Crippen molar-refractivity contribution < 1.29 is 22.5 Å². The lowest BCUT2D eigenvalue weighted by molar-refractivity contribution is 0.234. The van der Waals surface area contributed by atoms with Gasteiger partial charge < -0.3 is 15.2 Å². The molecule has 130 valence electrons. The van der Waals surface area contributed by atoms with Gasteiger partial charge in [0.05, 0.1) is 17.8 Å². The van der Waals surface area contributed by atoms with Crippen LogP contribution in [0, 0.1) is 31.3 Å². The highest BCUT2D eigenvalue weighted by Gasteiger charge is 2.20. The number of carbonyl (C=O) groups excluding carboxylic acids is 1. The third-order valence-corrected chi connectivity index (χ3v) is 3.72. The van der Waals surface area contributed by atoms with Crippen LogP contribution in [-0.2, 0) is 0 Å². The molecular formula is C16H18F3N3O2. The normalized spacial score (nSPS) is 13.5. The van der Waals surface area contributed by atoms with E-state index in [0.29, 0.717) is 11.5 Å². The third-order valence-electron chi connectivity index (χ3n) is 3.72. The molecule has 0 radical (unpaired) electrons. The van der Waals surface area contributed by atoms with Crippen LogP contribution in [0.5, 0.6) is 0 Å². The molecule has 0 spiro atoms. The van der Waals surface area contributed by atoms with Gasteiger partial charge in [-0.2, -0.15) is 0 Å². The van der Waals surface area contributed by atoms with E-state index in [1.54, 1.807) is 20.8 Å². The smallest absolute Gasteiger partial charge is 0.315 e. The molecule has 8 heteroatoms. The Hall–Kier alpha value is -2.51. The fourth-order valence-corrected chi connectivity index (χ4v) is 2.52. The first-order chi connectivity index (χ1) is 11.2. The van der Waals surface area contributed by atoms with E-state index in [9.17, 15) is 18.0 Å². The summed E-state index contributed by atoms with van der Waals surface area (Å²) in [5.74, 6) is -3.55. The molecule has 2 atom stereocenters. The van der Waals surface area contributed by atoms with Crippen molar-refractivity contribution in [3.05, 3.63) is 52.2 Å². The van der Waals surface area contributed by atoms with Gasteiger partial charge in [0.2, 0.25) is 0 Å². The van der Waals surface area contributed by atoms with Crippen LogP contribution in [0.2, 0.25) is 0 Å². The van der Waals surface area contributed by atoms with Crippen LogP contribution in [0.25, 0.3) is 0 Å². The second-order valence-corrected chi connectivity index (χ2v) is 5.60. The number of amides is 2. The van der Waals surface area contributed by atoms with Crippen LogP contribution in [0.15, 0.2) is 16.7 Å². The molecule has 1 aromatic carbocycles. The standard InChI is InChI=1S/C16H18F3N3O2/c1-7(11-5-12(17)15(19)13(18)6-11)20-16(23)21-8(2)14-9(3)22-24-10(14)4/h5-8H,1-4H3,(H2,20,21,23)/t7-,8+/m1/s1. The summed E-state index contributed by atoms with van der Waals surface area (Å²) >= 11 is 0. The van der Waals surface area contributed by atoms with Crippen LogP contribution in [0.3, 0.4) is 0 Å². The van der Waals surface area contributed by atoms with Gasteiger partial charge in [-0.1, -0.05) is 5.16 Å². The van der Waals surface area contributed by atoms with Crippen molar-refractivity contribution in [2.75, 3.05) is 0 Å². The number of nitrogens with zero attached hydrogens (tertiary/aromatic N) is 1. The fraction of sp³-hybridized carbons (Fsp3) is 0.375. The minimum absolute atomic E-state index is 0.117. The average Bonchev–Trinajstić information content (AvgIpc) is 2.83. The van der Waals surface area contributed by atoms with Gasteiger partial charge in [-0.3, -0.25) is 0 Å². The highest BCUT2D eigenvalue weighted by atomic mass is 19.2. The predicted molar refractivity (Wildman–Crippen MR) is 80.8 cm³/mol. The molecule has 2 rings (SSSR count). The van der Waals surface area contributed by atoms with E-state index in [-0.39, 0.29) is 11.6 Å². The summed E-state index contributed by atoms with van der Waals surface area (Å²) in [4.78, 5) is 12.1. The van der Waals surface area contributed by atoms with E-state index in [1.165, 1.54) is 6.92 Å². The van der Waals surface area contributed by atoms with Crippen LogP contribution in [-0.4, -0.2) is 11.2 Å². The van der Waals surface area contributed by atoms with Crippen LogP contribution in [0.4, 0.5) is 18.0 Å². The van der Waals surface area contributed by atoms with Crippen molar-refractivity contribution in [2.24, 2.45) is 0 Å². The fourth-order valence-electron chi connectivity index (χ4n) is 2.52. The Morgan fingerprint density at radius 3 is 2.12 bits per heavy atom. The number of hydrogen-bond donors (Lipinski definition) is 2. The number of halogens is 3. The lowest BCUT2D eigenvalue weighted by atomic mass is 10.1. The Morgan fingerprint density at radius 2 is 1.62 bits per heavy atom. The molecular weight excluding hydrogens is 323 g/mol. The Balaban J connectivity index is 2.04. The largest absolute Gasteiger partial charge is 0.361 e. The van der Waals surface area contributed by atoms with Crippen molar-refractivity contribution in [1.29, 1.82) is 0 Å². The SMILES string of the molecule is Cc1noc(C)c1[C@H](C)NC(=O)N[C@H](C)c1cc(F)c(F)c(F)c1. The minimum atomic E-state index is -1.54. The van der Waals surface area contributed by atoms with Gasteiger partial charge in [-0.15, -0.1) is 0 Å². The first-order valence-corrected chi connectivity index (χ1v) is 7.35. The number of urea groups is 1. The van der Waals surface area contributed by atoms with E-state index in [0.717, 1.165) is 17.7 Å². The van der Waals surface area contributed by atoms with Crippen molar-refractivity contribution in [2.45, 2.75) is 39.8 Å². The number of nitrogens with one attached hydrogen (secondary N) is 2. The summed E-state index contributed by atoms with van der Waals surface area (Å²) in [7, 11) is 0. The van der Waals surface area contributed by atoms with Crippen LogP contribution in [0.1, 0.15) is 48.5 Å². The minimum Gasteiger partial charge on any atom is -0.361 e. The number of rotatable bonds is 4. The second kappa shape index (κ2) is 6.94. The van der Waals surface area contributed by atoms with Crippen molar-refractivity contribution in [3.63, 3.8) is 0 Å². The molecule has 0 saturated carbocycles. The number of carbonyl (C=O) groups is 1. The molecule has 0 aliphatic heterocycles. The van der Waals surface area contributed by atoms with E-state index < -0.39 is 29.5 Å². The van der Waals surface area contributed by atoms with Crippen LogP contribution >= 0.6 is 0 Å². The maximum atomic E-state index is 13.3. The van der Waals surface area contributed by atoms with Gasteiger partial charge in [-0.25, -0.2) is 18.0 Å². The van der Waals surface area contributed by atoms with Gasteiger partial charge in [0.15, 0.2) is 17.5 Å². The van der Waals surface area contributed by atoms with Gasteiger partial charge in [0.1, 0.15) is 5.76 Å². The van der Waals surface area contributed by atoms with Crippen LogP contribution < -0.4 is 10.6 Å². The van der Waals surface area contributed by atoms with E-state index >= 15 is 0 Å². The topological polar surface area (TPSA) is 67.2 Å². The number of hydrogen-bond acceptors (Lipinski definition) is 3. The van der Waals surface area contributed by atoms with Crippen molar-refractivity contribution in [1.82, 2.24) is 15.8 Å². The van der Waals surface area contributed by atoms with Gasteiger partial charge in [-0.05, 0) is 45.4 Å². The Morgan fingerprint density at radius 1 is 1.08 bits per heavy atom. The highest BCUT2D eigenvalue weighted by molar-refractivity contribution is 5.75. The molecule has 0 saturated heterocycles. The predicted octanol–water partition coefficient (Wildman–Crippen LogP) is 3.83. The Kier molecular flexibility index (Phi) is 5.16. The molecule has 0 fully saturated rings. The lowest BCUT2D eigenvalue weighted by Crippen LogP contribution is -2.38. The molecule has 0 aliphatic rings. The maximum absolute atomic E-state index is 13.3. The molecule has 0 unspecified atom stereocenters. The Bertz CT molecular complexity index is 719. The number of aromatic nitrogens is 1. The molecule has 1 aromatic heterocycles. The maximum Gasteiger partial charge on any atom is 0.315 e. The summed E-state index contributed by atoms with van der Waals surface area (Å²) in [6.45, 7) is 6.78. The molecule has 5 nitrogen and oxygen atoms in total. The zero-order valence-corrected chi connectivity index (χ0v) is 13.7. The molecule has 2 N–H and O–H groups in total. The Labute approximate surface area is 137 Å². The molecule has 0 aliphatic carbocycles. The van der Waals surface area contributed by atoms with Crippen molar-refractivity contribution >= 4 is 6.03 Å². The zero-order valence-electron chi connectivity index (χ0n) is 13.7. The first kappa shape index (κ1) is 17.8. The summed E-state index contributed by atoms with van der Waals surface area (Å²) in [5.41, 5.74) is 1.54. The zero-order chi connectivity index (χ0) is 18.0. The monoisotopic (exact) mass is 341 g/mol. The summed E-state index contributed by atoms with van der Waals surface area (Å²) in [5, 5.41) is 9.05. The van der Waals surface area contributed by atoms with E-state index in [2.05, 4.69) is 15.8 Å². The number of aryl methyl sites for hydroxylation is 2. The summed E-state index contributed by atoms with van der Waals surface area (Å²) in [6, 6.07) is 0.0686. The molecule has 24 heavy (non-hydrogen) atoms. The average molecular weight is 341 g/mol. The quantitative estimate of drug-likeness (QED) is 0.831. The first-order valence-electron chi connectivity index (χ1n) is 7.35. The second-order valence-electron chi connectivity index (χ2n) is 5.60. The molecule has 2 amide bonds. The molecule has 2 aromatic rings. The summed E-state index contributed by atoms with van der Waals surface area (Å²) < 4.78 is 44.5. The van der Waals surface area contributed by atoms with Gasteiger partial charge >= 0.3 is 6.03 Å². The van der Waals surface area contributed by atoms with E-state index in [1.807, 2.05) is 0 Å². The molecule has 0 bridgehead atoms. The van der Waals surface area contributed by atoms with Gasteiger partial charge in [0.25, 0.3) is 0 Å². The van der Waals surface area contributed by atoms with E-state index in [4.69, 9.17) is 4.52 Å².